The summed E-state index contributed by atoms with van der Waals surface area (Å²) in [5, 5.41) is 10.6. The van der Waals surface area contributed by atoms with E-state index < -0.39 is 0 Å². The smallest absolute Gasteiger partial charge is 0.161 e. The Labute approximate surface area is 105 Å². The van der Waals surface area contributed by atoms with Crippen molar-refractivity contribution in [1.82, 2.24) is 10.2 Å². The van der Waals surface area contributed by atoms with Crippen LogP contribution in [0.1, 0.15) is 5.56 Å². The van der Waals surface area contributed by atoms with E-state index in [0.717, 1.165) is 41.5 Å². The molecular formula is C13H15N3O2. The number of H-pyrrole nitrogens is 1. The Morgan fingerprint density at radius 1 is 1.17 bits per heavy atom. The highest BCUT2D eigenvalue weighted by atomic mass is 16.5. The zero-order chi connectivity index (χ0) is 12.5. The fraction of sp³-hybridized carbons (Fsp3) is 0.308. The van der Waals surface area contributed by atoms with Crippen molar-refractivity contribution in [1.29, 1.82) is 0 Å². The lowest BCUT2D eigenvalue weighted by atomic mass is 10.1. The van der Waals surface area contributed by atoms with Crippen LogP contribution in [-0.4, -0.2) is 31.0 Å². The minimum Gasteiger partial charge on any atom is -0.493 e. The predicted octanol–water partition coefficient (Wildman–Crippen LogP) is 2.06. The molecule has 0 saturated carbocycles. The maximum atomic E-state index is 5.32. The van der Waals surface area contributed by atoms with Crippen molar-refractivity contribution in [2.45, 2.75) is 6.42 Å². The van der Waals surface area contributed by atoms with Crippen LogP contribution in [0.2, 0.25) is 0 Å². The number of aromatic nitrogens is 2. The Morgan fingerprint density at radius 3 is 2.78 bits per heavy atom. The Morgan fingerprint density at radius 2 is 2.00 bits per heavy atom. The van der Waals surface area contributed by atoms with E-state index in [9.17, 15) is 0 Å². The molecule has 0 fully saturated rings. The van der Waals surface area contributed by atoms with Gasteiger partial charge in [-0.25, -0.2) is 0 Å². The van der Waals surface area contributed by atoms with Crippen LogP contribution in [0.3, 0.4) is 0 Å². The second-order valence-electron chi connectivity index (χ2n) is 4.17. The van der Waals surface area contributed by atoms with Gasteiger partial charge in [0.05, 0.1) is 19.9 Å². The third-order valence-electron chi connectivity index (χ3n) is 3.21. The predicted molar refractivity (Wildman–Crippen MR) is 69.3 cm³/mol. The Balaban J connectivity index is 2.06. The largest absolute Gasteiger partial charge is 0.493 e. The summed E-state index contributed by atoms with van der Waals surface area (Å²) < 4.78 is 10.6. The molecule has 2 aromatic rings. The number of nitrogens with one attached hydrogen (secondary N) is 2. The van der Waals surface area contributed by atoms with Gasteiger partial charge in [-0.15, -0.1) is 0 Å². The van der Waals surface area contributed by atoms with Crippen molar-refractivity contribution in [3.8, 4) is 22.8 Å². The normalized spacial score (nSPS) is 13.0. The maximum absolute atomic E-state index is 5.32. The van der Waals surface area contributed by atoms with Crippen LogP contribution in [0, 0.1) is 0 Å². The molecule has 1 aromatic carbocycles. The summed E-state index contributed by atoms with van der Waals surface area (Å²) in [5.41, 5.74) is 3.35. The van der Waals surface area contributed by atoms with E-state index >= 15 is 0 Å². The Hall–Kier alpha value is -2.17. The number of ether oxygens (including phenoxy) is 2. The molecule has 18 heavy (non-hydrogen) atoms. The molecule has 0 radical (unpaired) electrons. The Bertz CT molecular complexity index is 578. The topological polar surface area (TPSA) is 59.2 Å². The monoisotopic (exact) mass is 245 g/mol. The number of hydrogen-bond donors (Lipinski definition) is 2. The molecule has 0 aliphatic carbocycles. The molecule has 94 valence electrons. The summed E-state index contributed by atoms with van der Waals surface area (Å²) in [6.07, 6.45) is 0.996. The van der Waals surface area contributed by atoms with Gasteiger partial charge < -0.3 is 14.8 Å². The Kier molecular flexibility index (Phi) is 2.59. The van der Waals surface area contributed by atoms with Gasteiger partial charge in [0.25, 0.3) is 0 Å². The molecule has 0 saturated heterocycles. The van der Waals surface area contributed by atoms with E-state index in [-0.39, 0.29) is 0 Å². The van der Waals surface area contributed by atoms with Gasteiger partial charge in [-0.1, -0.05) is 0 Å². The number of fused-ring (bicyclic) bond motifs is 1. The van der Waals surface area contributed by atoms with Crippen LogP contribution in [0.5, 0.6) is 11.5 Å². The first kappa shape index (κ1) is 11.0. The number of aromatic amines is 1. The van der Waals surface area contributed by atoms with Crippen molar-refractivity contribution < 1.29 is 9.47 Å². The second kappa shape index (κ2) is 4.25. The van der Waals surface area contributed by atoms with Crippen LogP contribution in [0.15, 0.2) is 18.2 Å². The van der Waals surface area contributed by atoms with Crippen molar-refractivity contribution in [3.63, 3.8) is 0 Å². The molecule has 1 aliphatic rings. The quantitative estimate of drug-likeness (QED) is 0.869. The van der Waals surface area contributed by atoms with Crippen molar-refractivity contribution in [2.24, 2.45) is 0 Å². The molecule has 0 bridgehead atoms. The first-order valence-corrected chi connectivity index (χ1v) is 5.87. The highest BCUT2D eigenvalue weighted by molar-refractivity contribution is 5.72. The van der Waals surface area contributed by atoms with Crippen molar-refractivity contribution in [3.05, 3.63) is 23.8 Å². The van der Waals surface area contributed by atoms with Crippen molar-refractivity contribution in [2.75, 3.05) is 26.1 Å². The fourth-order valence-corrected chi connectivity index (χ4v) is 2.29. The third-order valence-corrected chi connectivity index (χ3v) is 3.21. The average molecular weight is 245 g/mol. The summed E-state index contributed by atoms with van der Waals surface area (Å²) in [6.45, 7) is 0.951. The molecule has 1 aromatic heterocycles. The van der Waals surface area contributed by atoms with Gasteiger partial charge in [-0.3, -0.25) is 5.10 Å². The lowest BCUT2D eigenvalue weighted by molar-refractivity contribution is 0.355. The second-order valence-corrected chi connectivity index (χ2v) is 4.17. The molecular weight excluding hydrogens is 230 g/mol. The van der Waals surface area contributed by atoms with Crippen LogP contribution in [-0.2, 0) is 6.42 Å². The molecule has 5 nitrogen and oxygen atoms in total. The molecule has 0 unspecified atom stereocenters. The zero-order valence-corrected chi connectivity index (χ0v) is 10.4. The molecule has 0 amide bonds. The van der Waals surface area contributed by atoms with E-state index in [1.807, 2.05) is 18.2 Å². The van der Waals surface area contributed by atoms with Gasteiger partial charge in [0.15, 0.2) is 17.3 Å². The fourth-order valence-electron chi connectivity index (χ4n) is 2.29. The number of hydrogen-bond acceptors (Lipinski definition) is 4. The van der Waals surface area contributed by atoms with E-state index in [4.69, 9.17) is 9.47 Å². The van der Waals surface area contributed by atoms with E-state index in [1.165, 1.54) is 5.56 Å². The third kappa shape index (κ3) is 1.59. The highest BCUT2D eigenvalue weighted by Crippen LogP contribution is 2.35. The minimum absolute atomic E-state index is 0.726. The highest BCUT2D eigenvalue weighted by Gasteiger charge is 2.19. The number of benzene rings is 1. The lowest BCUT2D eigenvalue weighted by Gasteiger charge is -2.09. The van der Waals surface area contributed by atoms with Gasteiger partial charge in [-0.05, 0) is 24.6 Å². The number of methoxy groups -OCH3 is 2. The summed E-state index contributed by atoms with van der Waals surface area (Å²) in [6, 6.07) is 5.88. The minimum atomic E-state index is 0.726. The maximum Gasteiger partial charge on any atom is 0.161 e. The first-order chi connectivity index (χ1) is 8.83. The lowest BCUT2D eigenvalue weighted by Crippen LogP contribution is -1.95. The van der Waals surface area contributed by atoms with Gasteiger partial charge in [-0.2, -0.15) is 5.10 Å². The zero-order valence-electron chi connectivity index (χ0n) is 10.4. The number of rotatable bonds is 3. The average Bonchev–Trinajstić information content (AvgIpc) is 3.00. The van der Waals surface area contributed by atoms with Crippen molar-refractivity contribution >= 4 is 5.82 Å². The summed E-state index contributed by atoms with van der Waals surface area (Å²) in [4.78, 5) is 0. The van der Waals surface area contributed by atoms with Gasteiger partial charge in [0.2, 0.25) is 0 Å². The van der Waals surface area contributed by atoms with Crippen LogP contribution < -0.4 is 14.8 Å². The molecule has 5 heteroatoms. The van der Waals surface area contributed by atoms with Crippen LogP contribution >= 0.6 is 0 Å². The SMILES string of the molecule is COc1ccc(-c2[nH]nc3c2CCN3)cc1OC. The molecule has 1 aliphatic heterocycles. The summed E-state index contributed by atoms with van der Waals surface area (Å²) in [5.74, 6) is 2.42. The van der Waals surface area contributed by atoms with Gasteiger partial charge in [0, 0.05) is 17.7 Å². The summed E-state index contributed by atoms with van der Waals surface area (Å²) in [7, 11) is 3.27. The van der Waals surface area contributed by atoms with Gasteiger partial charge >= 0.3 is 0 Å². The standard InChI is InChI=1S/C13H15N3O2/c1-17-10-4-3-8(7-11(10)18-2)12-9-5-6-14-13(9)16-15-12/h3-4,7H,5-6H2,1-2H3,(H2,14,15,16). The van der Waals surface area contributed by atoms with E-state index in [0.29, 0.717) is 0 Å². The van der Waals surface area contributed by atoms with Gasteiger partial charge in [0.1, 0.15) is 0 Å². The molecule has 2 heterocycles. The number of nitrogens with zero attached hydrogens (tertiary/aromatic N) is 1. The van der Waals surface area contributed by atoms with E-state index in [1.54, 1.807) is 14.2 Å². The number of anilines is 1. The first-order valence-electron chi connectivity index (χ1n) is 5.87. The molecule has 2 N–H and O–H groups in total. The van der Waals surface area contributed by atoms with E-state index in [2.05, 4.69) is 15.5 Å². The summed E-state index contributed by atoms with van der Waals surface area (Å²) >= 11 is 0. The van der Waals surface area contributed by atoms with Crippen LogP contribution in [0.25, 0.3) is 11.3 Å². The molecule has 0 spiro atoms. The molecule has 3 rings (SSSR count). The molecule has 0 atom stereocenters. The van der Waals surface area contributed by atoms with Crippen LogP contribution in [0.4, 0.5) is 5.82 Å².